The number of hydrogen-bond acceptors (Lipinski definition) is 3. The van der Waals surface area contributed by atoms with Crippen molar-refractivity contribution in [3.8, 4) is 0 Å². The Kier molecular flexibility index (Phi) is 5.69. The quantitative estimate of drug-likeness (QED) is 0.836. The van der Waals surface area contributed by atoms with Crippen LogP contribution in [-0.2, 0) is 13.6 Å². The molecule has 1 saturated heterocycles. The smallest absolute Gasteiger partial charge is 0.268 e. The van der Waals surface area contributed by atoms with E-state index in [0.29, 0.717) is 35.4 Å². The molecule has 2 N–H and O–H groups in total. The minimum atomic E-state index is -0.371. The van der Waals surface area contributed by atoms with E-state index in [1.807, 2.05) is 18.2 Å². The van der Waals surface area contributed by atoms with E-state index in [-0.39, 0.29) is 18.1 Å². The van der Waals surface area contributed by atoms with Crippen molar-refractivity contribution in [2.24, 2.45) is 7.05 Å². The third-order valence-corrected chi connectivity index (χ3v) is 5.42. The van der Waals surface area contributed by atoms with Gasteiger partial charge in [-0.25, -0.2) is 0 Å². The van der Waals surface area contributed by atoms with E-state index in [4.69, 9.17) is 23.2 Å². The Balaban J connectivity index is 1.62. The number of aliphatic hydroxyl groups excluding tert-OH is 1. The Morgan fingerprint density at radius 3 is 2.68 bits per heavy atom. The van der Waals surface area contributed by atoms with Gasteiger partial charge in [0, 0.05) is 32.7 Å². The van der Waals surface area contributed by atoms with Crippen molar-refractivity contribution in [2.45, 2.75) is 25.1 Å². The Labute approximate surface area is 157 Å². The minimum absolute atomic E-state index is 0.0883. The molecule has 25 heavy (non-hydrogen) atoms. The van der Waals surface area contributed by atoms with Crippen LogP contribution in [0.1, 0.15) is 22.5 Å². The van der Waals surface area contributed by atoms with Gasteiger partial charge in [0.2, 0.25) is 0 Å². The van der Waals surface area contributed by atoms with E-state index < -0.39 is 0 Å². The summed E-state index contributed by atoms with van der Waals surface area (Å²) in [5, 5.41) is 13.6. The molecule has 2 heterocycles. The van der Waals surface area contributed by atoms with Crippen LogP contribution in [0.4, 0.5) is 0 Å². The highest BCUT2D eigenvalue weighted by Crippen LogP contribution is 2.25. The molecule has 1 amide bonds. The topological polar surface area (TPSA) is 57.5 Å². The fourth-order valence-electron chi connectivity index (χ4n) is 3.24. The molecule has 1 aromatic carbocycles. The number of rotatable bonds is 5. The Morgan fingerprint density at radius 2 is 2.04 bits per heavy atom. The van der Waals surface area contributed by atoms with E-state index in [2.05, 4.69) is 22.3 Å². The lowest BCUT2D eigenvalue weighted by Crippen LogP contribution is -2.40. The van der Waals surface area contributed by atoms with E-state index in [1.54, 1.807) is 17.7 Å². The normalized spacial score (nSPS) is 20.8. The third-order valence-electron chi connectivity index (χ3n) is 4.58. The molecule has 1 aromatic heterocycles. The van der Waals surface area contributed by atoms with Crippen molar-refractivity contribution in [2.75, 3.05) is 13.1 Å². The summed E-state index contributed by atoms with van der Waals surface area (Å²) in [6.07, 6.45) is 0.270. The van der Waals surface area contributed by atoms with Crippen LogP contribution in [0.25, 0.3) is 0 Å². The molecule has 134 valence electrons. The van der Waals surface area contributed by atoms with E-state index in [0.717, 1.165) is 6.54 Å². The van der Waals surface area contributed by atoms with Gasteiger partial charge < -0.3 is 15.0 Å². The highest BCUT2D eigenvalue weighted by molar-refractivity contribution is 6.41. The number of carbonyl (C=O) groups excluding carboxylic acids is 1. The molecule has 1 fully saturated rings. The maximum Gasteiger partial charge on any atom is 0.268 e. The molecule has 3 rings (SSSR count). The van der Waals surface area contributed by atoms with Crippen molar-refractivity contribution in [1.29, 1.82) is 0 Å². The summed E-state index contributed by atoms with van der Waals surface area (Å²) in [5.74, 6) is -0.225. The standard InChI is InChI=1S/C18H21Cl2N3O2/c1-22-16(8-15(19)17(22)20)18(25)21-9-13-7-14(24)11-23(13)10-12-5-3-2-4-6-12/h2-6,8,13-14,24H,7,9-11H2,1H3,(H,21,25). The third kappa shape index (κ3) is 4.18. The lowest BCUT2D eigenvalue weighted by atomic mass is 10.1. The van der Waals surface area contributed by atoms with Gasteiger partial charge in [0.15, 0.2) is 0 Å². The molecule has 2 atom stereocenters. The first-order chi connectivity index (χ1) is 12.0. The second-order valence-corrected chi connectivity index (χ2v) is 7.16. The summed E-state index contributed by atoms with van der Waals surface area (Å²) in [5.41, 5.74) is 1.61. The predicted molar refractivity (Wildman–Crippen MR) is 99.0 cm³/mol. The van der Waals surface area contributed by atoms with Crippen LogP contribution in [0.3, 0.4) is 0 Å². The lowest BCUT2D eigenvalue weighted by molar-refractivity contribution is 0.0931. The summed E-state index contributed by atoms with van der Waals surface area (Å²) in [4.78, 5) is 14.6. The maximum atomic E-state index is 12.4. The fraction of sp³-hybridized carbons (Fsp3) is 0.389. The van der Waals surface area contributed by atoms with Gasteiger partial charge in [0.05, 0.1) is 11.1 Å². The van der Waals surface area contributed by atoms with Crippen molar-refractivity contribution >= 4 is 29.1 Å². The molecule has 1 aliphatic heterocycles. The number of amides is 1. The Bertz CT molecular complexity index is 748. The highest BCUT2D eigenvalue weighted by Gasteiger charge is 2.31. The van der Waals surface area contributed by atoms with Gasteiger partial charge in [-0.2, -0.15) is 0 Å². The second kappa shape index (κ2) is 7.79. The zero-order chi connectivity index (χ0) is 18.0. The molecule has 5 nitrogen and oxygen atoms in total. The first-order valence-corrected chi connectivity index (χ1v) is 8.96. The maximum absolute atomic E-state index is 12.4. The molecule has 0 radical (unpaired) electrons. The van der Waals surface area contributed by atoms with Gasteiger partial charge >= 0.3 is 0 Å². The number of nitrogens with one attached hydrogen (secondary N) is 1. The van der Waals surface area contributed by atoms with Gasteiger partial charge in [-0.1, -0.05) is 53.5 Å². The largest absolute Gasteiger partial charge is 0.392 e. The number of halogens is 2. The molecule has 2 unspecified atom stereocenters. The molecule has 7 heteroatoms. The van der Waals surface area contributed by atoms with E-state index >= 15 is 0 Å². The van der Waals surface area contributed by atoms with Crippen molar-refractivity contribution < 1.29 is 9.90 Å². The number of aliphatic hydroxyl groups is 1. The molecule has 0 aliphatic carbocycles. The van der Waals surface area contributed by atoms with Gasteiger partial charge in [-0.05, 0) is 18.1 Å². The summed E-state index contributed by atoms with van der Waals surface area (Å²) < 4.78 is 1.56. The number of hydrogen-bond donors (Lipinski definition) is 2. The molecular formula is C18H21Cl2N3O2. The zero-order valence-corrected chi connectivity index (χ0v) is 15.5. The summed E-state index contributed by atoms with van der Waals surface area (Å²) in [7, 11) is 1.70. The zero-order valence-electron chi connectivity index (χ0n) is 14.0. The number of likely N-dealkylation sites (tertiary alicyclic amines) is 1. The van der Waals surface area contributed by atoms with Gasteiger partial charge in [-0.3, -0.25) is 9.69 Å². The monoisotopic (exact) mass is 381 g/mol. The Hall–Kier alpha value is -1.53. The highest BCUT2D eigenvalue weighted by atomic mass is 35.5. The number of nitrogens with zero attached hydrogens (tertiary/aromatic N) is 2. The number of carbonyl (C=O) groups is 1. The predicted octanol–water partition coefficient (Wildman–Crippen LogP) is 2.70. The summed E-state index contributed by atoms with van der Waals surface area (Å²) >= 11 is 12.0. The van der Waals surface area contributed by atoms with Crippen molar-refractivity contribution in [3.63, 3.8) is 0 Å². The van der Waals surface area contributed by atoms with Gasteiger partial charge in [0.1, 0.15) is 10.8 Å². The van der Waals surface area contributed by atoms with Gasteiger partial charge in [-0.15, -0.1) is 0 Å². The number of aromatic nitrogens is 1. The van der Waals surface area contributed by atoms with Crippen molar-refractivity contribution in [3.05, 3.63) is 57.8 Å². The molecule has 0 saturated carbocycles. The van der Waals surface area contributed by atoms with Crippen LogP contribution in [0, 0.1) is 0 Å². The van der Waals surface area contributed by atoms with Crippen molar-refractivity contribution in [1.82, 2.24) is 14.8 Å². The van der Waals surface area contributed by atoms with Crippen LogP contribution >= 0.6 is 23.2 Å². The number of β-amino-alcohol motifs (C(OH)–C–C–N with tert-alkyl or cyclic N) is 1. The average Bonchev–Trinajstić information content (AvgIpc) is 3.07. The van der Waals surface area contributed by atoms with Crippen LogP contribution in [0.15, 0.2) is 36.4 Å². The number of benzene rings is 1. The molecular weight excluding hydrogens is 361 g/mol. The van der Waals surface area contributed by atoms with E-state index in [9.17, 15) is 9.90 Å². The van der Waals surface area contributed by atoms with Gasteiger partial charge in [0.25, 0.3) is 5.91 Å². The minimum Gasteiger partial charge on any atom is -0.392 e. The fourth-order valence-corrected chi connectivity index (χ4v) is 3.62. The van der Waals surface area contributed by atoms with Crippen LogP contribution in [0.5, 0.6) is 0 Å². The molecule has 1 aliphatic rings. The second-order valence-electron chi connectivity index (χ2n) is 6.40. The van der Waals surface area contributed by atoms with Crippen LogP contribution < -0.4 is 5.32 Å². The summed E-state index contributed by atoms with van der Waals surface area (Å²) in [6, 6.07) is 11.8. The average molecular weight is 382 g/mol. The lowest BCUT2D eigenvalue weighted by Gasteiger charge is -2.24. The molecule has 2 aromatic rings. The molecule has 0 spiro atoms. The first-order valence-electron chi connectivity index (χ1n) is 8.20. The first kappa shape index (κ1) is 18.3. The Morgan fingerprint density at radius 1 is 1.32 bits per heavy atom. The van der Waals surface area contributed by atoms with Crippen LogP contribution in [0.2, 0.25) is 10.2 Å². The molecule has 0 bridgehead atoms. The van der Waals surface area contributed by atoms with E-state index in [1.165, 1.54) is 5.56 Å². The van der Waals surface area contributed by atoms with Crippen LogP contribution in [-0.4, -0.2) is 45.7 Å². The summed E-state index contributed by atoms with van der Waals surface area (Å²) in [6.45, 7) is 1.82. The SMILES string of the molecule is Cn1c(C(=O)NCC2CC(O)CN2Cc2ccccc2)cc(Cl)c1Cl.